The fourth-order valence-corrected chi connectivity index (χ4v) is 3.25. The van der Waals surface area contributed by atoms with Gasteiger partial charge in [-0.25, -0.2) is 0 Å². The third-order valence-electron chi connectivity index (χ3n) is 4.45. The first-order chi connectivity index (χ1) is 11.5. The third kappa shape index (κ3) is 3.30. The molecule has 1 fully saturated rings. The Hall–Kier alpha value is -1.91. The molecule has 0 unspecified atom stereocenters. The van der Waals surface area contributed by atoms with Crippen molar-refractivity contribution in [3.8, 4) is 0 Å². The van der Waals surface area contributed by atoms with E-state index < -0.39 is 5.41 Å². The predicted octanol–water partition coefficient (Wildman–Crippen LogP) is 3.61. The van der Waals surface area contributed by atoms with E-state index in [-0.39, 0.29) is 12.0 Å². The second kappa shape index (κ2) is 6.91. The summed E-state index contributed by atoms with van der Waals surface area (Å²) in [5, 5.41) is 0.667. The maximum atomic E-state index is 13.1. The van der Waals surface area contributed by atoms with E-state index in [0.717, 1.165) is 11.3 Å². The van der Waals surface area contributed by atoms with Crippen LogP contribution in [0.4, 0.5) is 0 Å². The minimum absolute atomic E-state index is 0.0570. The topological polar surface area (TPSA) is 42.4 Å². The third-order valence-corrected chi connectivity index (χ3v) is 4.79. The zero-order valence-electron chi connectivity index (χ0n) is 13.9. The van der Waals surface area contributed by atoms with Crippen molar-refractivity contribution in [2.24, 2.45) is 0 Å². The number of aromatic nitrogens is 1. The number of pyridine rings is 1. The maximum absolute atomic E-state index is 13.1. The molecule has 0 N–H and O–H groups in total. The van der Waals surface area contributed by atoms with Crippen LogP contribution < -0.4 is 0 Å². The number of rotatable bonds is 3. The van der Waals surface area contributed by atoms with E-state index >= 15 is 0 Å². The van der Waals surface area contributed by atoms with E-state index in [0.29, 0.717) is 24.7 Å². The van der Waals surface area contributed by atoms with Gasteiger partial charge in [0.05, 0.1) is 24.3 Å². The van der Waals surface area contributed by atoms with Crippen LogP contribution in [-0.4, -0.2) is 35.5 Å². The van der Waals surface area contributed by atoms with Gasteiger partial charge >= 0.3 is 0 Å². The average molecular weight is 345 g/mol. The number of morpholine rings is 1. The number of benzene rings is 1. The molecule has 4 nitrogen and oxygen atoms in total. The summed E-state index contributed by atoms with van der Waals surface area (Å²) in [6, 6.07) is 13.3. The van der Waals surface area contributed by atoms with Gasteiger partial charge in [0, 0.05) is 23.3 Å². The summed E-state index contributed by atoms with van der Waals surface area (Å²) in [7, 11) is 0. The van der Waals surface area contributed by atoms with Crippen molar-refractivity contribution in [2.45, 2.75) is 25.4 Å². The van der Waals surface area contributed by atoms with Crippen molar-refractivity contribution in [3.63, 3.8) is 0 Å². The number of ether oxygens (including phenoxy) is 1. The van der Waals surface area contributed by atoms with E-state index in [1.54, 1.807) is 6.20 Å². The zero-order chi connectivity index (χ0) is 17.2. The summed E-state index contributed by atoms with van der Waals surface area (Å²) in [5.41, 5.74) is 1.02. The molecule has 1 amide bonds. The van der Waals surface area contributed by atoms with Gasteiger partial charge in [-0.15, -0.1) is 0 Å². The van der Waals surface area contributed by atoms with E-state index in [4.69, 9.17) is 16.3 Å². The summed E-state index contributed by atoms with van der Waals surface area (Å²) in [5.74, 6) is 0.0570. The molecule has 0 bridgehead atoms. The summed E-state index contributed by atoms with van der Waals surface area (Å²) in [6.45, 7) is 5.41. The van der Waals surface area contributed by atoms with Crippen LogP contribution >= 0.6 is 11.6 Å². The van der Waals surface area contributed by atoms with Crippen LogP contribution in [0, 0.1) is 0 Å². The number of hydrogen-bond acceptors (Lipinski definition) is 3. The van der Waals surface area contributed by atoms with Gasteiger partial charge in [0.25, 0.3) is 0 Å². The van der Waals surface area contributed by atoms with Crippen molar-refractivity contribution in [2.75, 3.05) is 19.7 Å². The molecule has 1 aromatic carbocycles. The number of halogens is 1. The van der Waals surface area contributed by atoms with Crippen molar-refractivity contribution in [3.05, 3.63) is 64.9 Å². The second-order valence-corrected chi connectivity index (χ2v) is 6.88. The number of amides is 1. The molecule has 1 aromatic heterocycles. The largest absolute Gasteiger partial charge is 0.370 e. The van der Waals surface area contributed by atoms with Crippen LogP contribution in [0.15, 0.2) is 48.7 Å². The number of nitrogens with zero attached hydrogens (tertiary/aromatic N) is 2. The van der Waals surface area contributed by atoms with Gasteiger partial charge in [-0.2, -0.15) is 0 Å². The molecule has 1 aliphatic rings. The smallest absolute Gasteiger partial charge is 0.234 e. The molecule has 0 saturated carbocycles. The summed E-state index contributed by atoms with van der Waals surface area (Å²) in [6.07, 6.45) is 1.52. The maximum Gasteiger partial charge on any atom is 0.234 e. The number of carbonyl (C=O) groups is 1. The Kier molecular flexibility index (Phi) is 4.88. The van der Waals surface area contributed by atoms with E-state index in [9.17, 15) is 4.79 Å². The van der Waals surface area contributed by atoms with Gasteiger partial charge in [-0.3, -0.25) is 9.78 Å². The molecule has 0 aliphatic carbocycles. The highest BCUT2D eigenvalue weighted by Gasteiger charge is 2.37. The van der Waals surface area contributed by atoms with Crippen LogP contribution in [0.3, 0.4) is 0 Å². The van der Waals surface area contributed by atoms with Crippen molar-refractivity contribution in [1.82, 2.24) is 9.88 Å². The summed E-state index contributed by atoms with van der Waals surface area (Å²) in [4.78, 5) is 19.3. The Morgan fingerprint density at radius 1 is 1.25 bits per heavy atom. The molecule has 2 heterocycles. The Bertz CT molecular complexity index is 718. The first-order valence-corrected chi connectivity index (χ1v) is 8.45. The fourth-order valence-electron chi connectivity index (χ4n) is 3.00. The van der Waals surface area contributed by atoms with Crippen molar-refractivity contribution in [1.29, 1.82) is 0 Å². The molecule has 0 spiro atoms. The Morgan fingerprint density at radius 3 is 2.71 bits per heavy atom. The van der Waals surface area contributed by atoms with Crippen LogP contribution in [0.2, 0.25) is 5.02 Å². The van der Waals surface area contributed by atoms with Crippen LogP contribution in [0.5, 0.6) is 0 Å². The predicted molar refractivity (Wildman–Crippen MR) is 94.0 cm³/mol. The lowest BCUT2D eigenvalue weighted by atomic mass is 9.86. The summed E-state index contributed by atoms with van der Waals surface area (Å²) >= 11 is 6.28. The van der Waals surface area contributed by atoms with Crippen LogP contribution in [0.1, 0.15) is 31.2 Å². The SMILES string of the molecule is CC(C)(C(=O)N1CCO[C@H](c2ccccc2Cl)C1)c1ccccn1. The van der Waals surface area contributed by atoms with Crippen LogP contribution in [0.25, 0.3) is 0 Å². The highest BCUT2D eigenvalue weighted by Crippen LogP contribution is 2.31. The molecular formula is C19H21ClN2O2. The molecule has 5 heteroatoms. The first kappa shape index (κ1) is 16.9. The average Bonchev–Trinajstić information content (AvgIpc) is 2.62. The van der Waals surface area contributed by atoms with E-state index in [2.05, 4.69) is 4.98 Å². The Labute approximate surface area is 147 Å². The van der Waals surface area contributed by atoms with Gasteiger partial charge in [0.15, 0.2) is 0 Å². The molecule has 1 aliphatic heterocycles. The fraction of sp³-hybridized carbons (Fsp3) is 0.368. The normalized spacial score (nSPS) is 18.5. The quantitative estimate of drug-likeness (QED) is 0.854. The lowest BCUT2D eigenvalue weighted by molar-refractivity contribution is -0.144. The highest BCUT2D eigenvalue weighted by atomic mass is 35.5. The lowest BCUT2D eigenvalue weighted by Gasteiger charge is -2.37. The van der Waals surface area contributed by atoms with E-state index in [1.165, 1.54) is 0 Å². The van der Waals surface area contributed by atoms with E-state index in [1.807, 2.05) is 61.2 Å². The molecule has 0 radical (unpaired) electrons. The molecular weight excluding hydrogens is 324 g/mol. The molecule has 2 aromatic rings. The van der Waals surface area contributed by atoms with Gasteiger partial charge in [0.2, 0.25) is 5.91 Å². The second-order valence-electron chi connectivity index (χ2n) is 6.47. The van der Waals surface area contributed by atoms with Crippen molar-refractivity contribution >= 4 is 17.5 Å². The zero-order valence-corrected chi connectivity index (χ0v) is 14.7. The Morgan fingerprint density at radius 2 is 2.00 bits per heavy atom. The first-order valence-electron chi connectivity index (χ1n) is 8.07. The minimum atomic E-state index is -0.677. The standard InChI is InChI=1S/C19H21ClN2O2/c1-19(2,17-9-5-6-10-21-17)18(23)22-11-12-24-16(13-22)14-7-3-4-8-15(14)20/h3-10,16H,11-13H2,1-2H3/t16-/m0/s1. The molecule has 1 saturated heterocycles. The molecule has 126 valence electrons. The van der Waals surface area contributed by atoms with Gasteiger partial charge in [-0.05, 0) is 32.0 Å². The Balaban J connectivity index is 1.80. The lowest BCUT2D eigenvalue weighted by Crippen LogP contribution is -2.49. The van der Waals surface area contributed by atoms with Crippen LogP contribution in [-0.2, 0) is 14.9 Å². The van der Waals surface area contributed by atoms with Gasteiger partial charge in [0.1, 0.15) is 6.10 Å². The monoisotopic (exact) mass is 344 g/mol. The van der Waals surface area contributed by atoms with Gasteiger partial charge < -0.3 is 9.64 Å². The minimum Gasteiger partial charge on any atom is -0.370 e. The highest BCUT2D eigenvalue weighted by molar-refractivity contribution is 6.31. The molecule has 24 heavy (non-hydrogen) atoms. The molecule has 3 rings (SSSR count). The molecule has 1 atom stereocenters. The van der Waals surface area contributed by atoms with Gasteiger partial charge in [-0.1, -0.05) is 35.9 Å². The number of carbonyl (C=O) groups excluding carboxylic acids is 1. The number of hydrogen-bond donors (Lipinski definition) is 0. The van der Waals surface area contributed by atoms with Crippen molar-refractivity contribution < 1.29 is 9.53 Å². The summed E-state index contributed by atoms with van der Waals surface area (Å²) < 4.78 is 5.85.